The maximum atomic E-state index is 13.6. The van der Waals surface area contributed by atoms with Gasteiger partial charge in [0.25, 0.3) is 0 Å². The van der Waals surface area contributed by atoms with Crippen LogP contribution in [0.25, 0.3) is 5.69 Å². The van der Waals surface area contributed by atoms with Crippen molar-refractivity contribution in [1.29, 1.82) is 0 Å². The second-order valence-electron chi connectivity index (χ2n) is 8.29. The molecule has 0 spiro atoms. The molecule has 1 aromatic carbocycles. The number of anilines is 1. The molecule has 200 valence electrons. The van der Waals surface area contributed by atoms with Gasteiger partial charge in [-0.15, -0.1) is 10.2 Å². The van der Waals surface area contributed by atoms with Gasteiger partial charge in [0.05, 0.1) is 34.0 Å². The fourth-order valence-corrected chi connectivity index (χ4v) is 5.05. The number of nitrogens with one attached hydrogen (secondary N) is 1. The Bertz CT molecular complexity index is 1290. The smallest absolute Gasteiger partial charge is 0.243 e. The normalized spacial score (nSPS) is 17.7. The second kappa shape index (κ2) is 11.4. The fraction of sp³-hybridized carbons (Fsp3) is 0.478. The van der Waals surface area contributed by atoms with E-state index in [9.17, 15) is 8.42 Å². The third-order valence-electron chi connectivity index (χ3n) is 5.88. The van der Waals surface area contributed by atoms with E-state index in [-0.39, 0.29) is 18.4 Å². The number of para-hydroxylation sites is 1. The average molecular weight is 535 g/mol. The molecule has 1 aliphatic heterocycles. The molecule has 1 fully saturated rings. The second-order valence-corrected chi connectivity index (χ2v) is 10.3. The molecular weight excluding hydrogens is 504 g/mol. The first-order chi connectivity index (χ1) is 17.8. The van der Waals surface area contributed by atoms with Crippen LogP contribution in [0.4, 0.5) is 5.95 Å². The predicted molar refractivity (Wildman–Crippen MR) is 132 cm³/mol. The first-order valence-corrected chi connectivity index (χ1v) is 13.0. The van der Waals surface area contributed by atoms with Gasteiger partial charge >= 0.3 is 0 Å². The van der Waals surface area contributed by atoms with Crippen molar-refractivity contribution in [2.75, 3.05) is 45.9 Å². The zero-order chi connectivity index (χ0) is 26.6. The van der Waals surface area contributed by atoms with Crippen molar-refractivity contribution in [1.82, 2.24) is 24.7 Å². The summed E-state index contributed by atoms with van der Waals surface area (Å²) in [6, 6.07) is 5.19. The predicted octanol–water partition coefficient (Wildman–Crippen LogP) is 1.99. The quantitative estimate of drug-likeness (QED) is 0.407. The summed E-state index contributed by atoms with van der Waals surface area (Å²) in [5.41, 5.74) is 1.24. The van der Waals surface area contributed by atoms with E-state index in [0.29, 0.717) is 36.2 Å². The molecule has 13 nitrogen and oxygen atoms in total. The summed E-state index contributed by atoms with van der Waals surface area (Å²) in [6.07, 6.45) is 1.66. The molecule has 3 heterocycles. The van der Waals surface area contributed by atoms with Crippen LogP contribution in [0.3, 0.4) is 0 Å². The van der Waals surface area contributed by atoms with Crippen molar-refractivity contribution < 1.29 is 32.1 Å². The summed E-state index contributed by atoms with van der Waals surface area (Å²) in [4.78, 5) is 8.48. The Morgan fingerprint density at radius 2 is 1.76 bits per heavy atom. The van der Waals surface area contributed by atoms with Gasteiger partial charge in [-0.2, -0.15) is 0 Å². The average Bonchev–Trinajstić information content (AvgIpc) is 3.32. The Kier molecular flexibility index (Phi) is 8.22. The van der Waals surface area contributed by atoms with E-state index in [1.807, 2.05) is 6.92 Å². The van der Waals surface area contributed by atoms with Gasteiger partial charge < -0.3 is 23.7 Å². The van der Waals surface area contributed by atoms with Crippen molar-refractivity contribution >= 4 is 16.0 Å². The Morgan fingerprint density at radius 1 is 1.08 bits per heavy atom. The number of aromatic nitrogens is 5. The van der Waals surface area contributed by atoms with Crippen LogP contribution >= 0.6 is 0 Å². The molecule has 1 N–H and O–H groups in total. The first kappa shape index (κ1) is 26.7. The molecule has 1 aliphatic rings. The number of nitrogens with zero attached hydrogens (tertiary/aromatic N) is 5. The van der Waals surface area contributed by atoms with Crippen LogP contribution < -0.4 is 14.2 Å². The van der Waals surface area contributed by atoms with E-state index in [4.69, 9.17) is 23.7 Å². The summed E-state index contributed by atoms with van der Waals surface area (Å²) >= 11 is 0. The zero-order valence-corrected chi connectivity index (χ0v) is 22.1. The van der Waals surface area contributed by atoms with Gasteiger partial charge in [0, 0.05) is 19.5 Å². The highest BCUT2D eigenvalue weighted by atomic mass is 32.2. The van der Waals surface area contributed by atoms with Gasteiger partial charge in [-0.1, -0.05) is 6.07 Å². The van der Waals surface area contributed by atoms with Crippen LogP contribution in [-0.4, -0.2) is 79.6 Å². The Balaban J connectivity index is 1.78. The highest BCUT2D eigenvalue weighted by Gasteiger charge is 2.36. The number of hydrogen-bond donors (Lipinski definition) is 1. The van der Waals surface area contributed by atoms with Crippen LogP contribution in [0.15, 0.2) is 30.6 Å². The van der Waals surface area contributed by atoms with Gasteiger partial charge in [-0.3, -0.25) is 9.29 Å². The number of hydrogen-bond acceptors (Lipinski definition) is 11. The monoisotopic (exact) mass is 534 g/mol. The number of ether oxygens (including phenoxy) is 5. The van der Waals surface area contributed by atoms with Gasteiger partial charge in [-0.25, -0.2) is 18.4 Å². The van der Waals surface area contributed by atoms with Crippen LogP contribution in [0.5, 0.6) is 11.5 Å². The molecule has 0 aliphatic carbocycles. The lowest BCUT2D eigenvalue weighted by molar-refractivity contribution is -0.0941. The molecule has 1 saturated heterocycles. The number of methoxy groups -OCH3 is 3. The molecule has 3 aromatic rings. The van der Waals surface area contributed by atoms with Crippen LogP contribution in [0, 0.1) is 6.92 Å². The van der Waals surface area contributed by atoms with Crippen molar-refractivity contribution in [3.8, 4) is 17.2 Å². The molecule has 4 rings (SSSR count). The van der Waals surface area contributed by atoms with Crippen LogP contribution in [0.2, 0.25) is 0 Å². The van der Waals surface area contributed by atoms with E-state index in [1.165, 1.54) is 32.8 Å². The SMILES string of the molecule is COc1cccc(OC)c1-n1c(NS(=O)(=O)C(C)C(OC)c2ncc(C)cn2)nnc1[C@H]1COCCO1. The minimum absolute atomic E-state index is 0.0847. The molecule has 2 aromatic heterocycles. The van der Waals surface area contributed by atoms with E-state index in [1.54, 1.807) is 30.6 Å². The Labute approximate surface area is 215 Å². The topological polar surface area (TPSA) is 149 Å². The molecule has 0 saturated carbocycles. The minimum Gasteiger partial charge on any atom is -0.494 e. The van der Waals surface area contributed by atoms with Crippen molar-refractivity contribution in [2.45, 2.75) is 31.3 Å². The van der Waals surface area contributed by atoms with E-state index in [2.05, 4.69) is 24.9 Å². The Morgan fingerprint density at radius 3 is 2.32 bits per heavy atom. The molecule has 0 bridgehead atoms. The molecule has 2 unspecified atom stereocenters. The summed E-state index contributed by atoms with van der Waals surface area (Å²) in [7, 11) is 0.300. The number of sulfonamides is 1. The molecule has 0 amide bonds. The highest BCUT2D eigenvalue weighted by Crippen LogP contribution is 2.37. The minimum atomic E-state index is -4.10. The van der Waals surface area contributed by atoms with Crippen LogP contribution in [0.1, 0.15) is 36.3 Å². The number of aryl methyl sites for hydroxylation is 1. The maximum absolute atomic E-state index is 13.6. The molecular formula is C23H30N6O7S. The summed E-state index contributed by atoms with van der Waals surface area (Å²) in [5, 5.41) is 7.32. The van der Waals surface area contributed by atoms with E-state index >= 15 is 0 Å². The largest absolute Gasteiger partial charge is 0.494 e. The van der Waals surface area contributed by atoms with Gasteiger partial charge in [0.1, 0.15) is 34.6 Å². The van der Waals surface area contributed by atoms with Gasteiger partial charge in [0.15, 0.2) is 11.6 Å². The van der Waals surface area contributed by atoms with E-state index in [0.717, 1.165) is 5.56 Å². The fourth-order valence-electron chi connectivity index (χ4n) is 3.92. The van der Waals surface area contributed by atoms with Crippen molar-refractivity contribution in [3.63, 3.8) is 0 Å². The highest BCUT2D eigenvalue weighted by molar-refractivity contribution is 7.93. The lowest BCUT2D eigenvalue weighted by Gasteiger charge is -2.25. The summed E-state index contributed by atoms with van der Waals surface area (Å²) in [6.45, 7) is 4.35. The number of benzene rings is 1. The van der Waals surface area contributed by atoms with Crippen LogP contribution in [-0.2, 0) is 24.2 Å². The van der Waals surface area contributed by atoms with Crippen molar-refractivity contribution in [2.24, 2.45) is 0 Å². The third-order valence-corrected chi connectivity index (χ3v) is 7.57. The maximum Gasteiger partial charge on any atom is 0.243 e. The summed E-state index contributed by atoms with van der Waals surface area (Å²) in [5.74, 6) is 1.30. The lowest BCUT2D eigenvalue weighted by Crippen LogP contribution is -2.33. The standard InChI is InChI=1S/C23H30N6O7S/c1-14-11-24-21(25-12-14)20(34-5)15(2)37(30,31)28-23-27-26-22(18-13-35-9-10-36-18)29(23)19-16(32-3)7-6-8-17(19)33-4/h6-8,11-12,15,18,20H,9-10,13H2,1-5H3,(H,27,28)/t15?,18-,20?/m1/s1. The first-order valence-electron chi connectivity index (χ1n) is 11.5. The molecule has 0 radical (unpaired) electrons. The number of rotatable bonds is 10. The van der Waals surface area contributed by atoms with Gasteiger partial charge in [0.2, 0.25) is 16.0 Å². The van der Waals surface area contributed by atoms with E-state index < -0.39 is 27.5 Å². The molecule has 14 heteroatoms. The zero-order valence-electron chi connectivity index (χ0n) is 21.2. The lowest BCUT2D eigenvalue weighted by atomic mass is 10.2. The van der Waals surface area contributed by atoms with Gasteiger partial charge in [-0.05, 0) is 31.5 Å². The molecule has 3 atom stereocenters. The third kappa shape index (κ3) is 5.51. The molecule has 37 heavy (non-hydrogen) atoms. The van der Waals surface area contributed by atoms with Crippen molar-refractivity contribution in [3.05, 3.63) is 47.8 Å². The summed E-state index contributed by atoms with van der Waals surface area (Å²) < 4.78 is 59.2. The Hall–Kier alpha value is -3.33.